The van der Waals surface area contributed by atoms with E-state index in [2.05, 4.69) is 27.7 Å². The molecule has 84 valence electrons. The molecule has 1 nitrogen and oxygen atoms in total. The van der Waals surface area contributed by atoms with Gasteiger partial charge in [0.1, 0.15) is 0 Å². The van der Waals surface area contributed by atoms with Crippen LogP contribution in [-0.2, 0) is 4.74 Å². The van der Waals surface area contributed by atoms with Crippen LogP contribution in [0.3, 0.4) is 0 Å². The van der Waals surface area contributed by atoms with Gasteiger partial charge in [-0.15, -0.1) is 0 Å². The highest BCUT2D eigenvalue weighted by Gasteiger charge is 2.37. The summed E-state index contributed by atoms with van der Waals surface area (Å²) in [6.07, 6.45) is 6.38. The van der Waals surface area contributed by atoms with Gasteiger partial charge in [-0.2, -0.15) is 0 Å². The van der Waals surface area contributed by atoms with Crippen LogP contribution in [0, 0.1) is 11.3 Å². The summed E-state index contributed by atoms with van der Waals surface area (Å²) >= 11 is 0. The number of rotatable bonds is 2. The molecule has 1 aliphatic carbocycles. The van der Waals surface area contributed by atoms with Crippen molar-refractivity contribution in [2.75, 3.05) is 7.11 Å². The van der Waals surface area contributed by atoms with Crippen molar-refractivity contribution in [2.45, 2.75) is 65.4 Å². The maximum absolute atomic E-state index is 5.80. The standard InChI is InChI=1S/C13H26O/c1-11-6-8-13(14-5,9-7-11)10-12(2,3)4/h11H,6-10H2,1-5H3. The van der Waals surface area contributed by atoms with Gasteiger partial charge in [-0.1, -0.05) is 27.7 Å². The summed E-state index contributed by atoms with van der Waals surface area (Å²) in [4.78, 5) is 0. The largest absolute Gasteiger partial charge is 0.378 e. The fourth-order valence-corrected chi connectivity index (χ4v) is 2.71. The number of hydrogen-bond donors (Lipinski definition) is 0. The molecule has 0 aromatic carbocycles. The summed E-state index contributed by atoms with van der Waals surface area (Å²) in [5.41, 5.74) is 0.571. The van der Waals surface area contributed by atoms with Crippen molar-refractivity contribution in [3.05, 3.63) is 0 Å². The summed E-state index contributed by atoms with van der Waals surface area (Å²) in [6.45, 7) is 9.29. The molecule has 0 bridgehead atoms. The van der Waals surface area contributed by atoms with E-state index in [-0.39, 0.29) is 5.60 Å². The Balaban J connectivity index is 2.59. The SMILES string of the molecule is COC1(CC(C)(C)C)CCC(C)CC1. The van der Waals surface area contributed by atoms with E-state index < -0.39 is 0 Å². The molecule has 0 amide bonds. The second-order valence-electron chi connectivity index (χ2n) is 6.31. The smallest absolute Gasteiger partial charge is 0.0684 e. The quantitative estimate of drug-likeness (QED) is 0.651. The Kier molecular flexibility index (Phi) is 3.63. The highest BCUT2D eigenvalue weighted by atomic mass is 16.5. The zero-order chi connectivity index (χ0) is 10.8. The molecule has 0 saturated heterocycles. The lowest BCUT2D eigenvalue weighted by molar-refractivity contribution is -0.0728. The van der Waals surface area contributed by atoms with Crippen molar-refractivity contribution in [3.63, 3.8) is 0 Å². The summed E-state index contributed by atoms with van der Waals surface area (Å²) in [7, 11) is 1.89. The van der Waals surface area contributed by atoms with Crippen molar-refractivity contribution in [3.8, 4) is 0 Å². The highest BCUT2D eigenvalue weighted by Crippen LogP contribution is 2.41. The topological polar surface area (TPSA) is 9.23 Å². The van der Waals surface area contributed by atoms with E-state index in [9.17, 15) is 0 Å². The van der Waals surface area contributed by atoms with Gasteiger partial charge < -0.3 is 4.74 Å². The lowest BCUT2D eigenvalue weighted by Crippen LogP contribution is -2.39. The van der Waals surface area contributed by atoms with E-state index in [1.807, 2.05) is 7.11 Å². The van der Waals surface area contributed by atoms with Crippen LogP contribution in [0.15, 0.2) is 0 Å². The Morgan fingerprint density at radius 2 is 1.71 bits per heavy atom. The van der Waals surface area contributed by atoms with Gasteiger partial charge in [-0.25, -0.2) is 0 Å². The molecule has 0 aromatic heterocycles. The average Bonchev–Trinajstić information content (AvgIpc) is 2.07. The Morgan fingerprint density at radius 1 is 1.21 bits per heavy atom. The maximum Gasteiger partial charge on any atom is 0.0684 e. The van der Waals surface area contributed by atoms with Crippen molar-refractivity contribution < 1.29 is 4.74 Å². The van der Waals surface area contributed by atoms with Gasteiger partial charge in [-0.3, -0.25) is 0 Å². The van der Waals surface area contributed by atoms with Gasteiger partial charge in [0.05, 0.1) is 5.60 Å². The summed E-state index contributed by atoms with van der Waals surface area (Å²) < 4.78 is 5.80. The van der Waals surface area contributed by atoms with Crippen LogP contribution in [0.1, 0.15) is 59.8 Å². The first-order valence-electron chi connectivity index (χ1n) is 5.92. The van der Waals surface area contributed by atoms with Gasteiger partial charge >= 0.3 is 0 Å². The number of ether oxygens (including phenoxy) is 1. The Labute approximate surface area is 89.2 Å². The molecule has 1 fully saturated rings. The summed E-state index contributed by atoms with van der Waals surface area (Å²) in [5, 5.41) is 0. The minimum atomic E-state index is 0.185. The van der Waals surface area contributed by atoms with Gasteiger partial charge in [0.2, 0.25) is 0 Å². The van der Waals surface area contributed by atoms with E-state index in [0.29, 0.717) is 5.41 Å². The average molecular weight is 198 g/mol. The van der Waals surface area contributed by atoms with E-state index in [4.69, 9.17) is 4.74 Å². The van der Waals surface area contributed by atoms with Crippen LogP contribution in [0.25, 0.3) is 0 Å². The molecular formula is C13H26O. The molecule has 1 rings (SSSR count). The monoisotopic (exact) mass is 198 g/mol. The maximum atomic E-state index is 5.80. The zero-order valence-corrected chi connectivity index (χ0v) is 10.5. The molecule has 0 N–H and O–H groups in total. The second kappa shape index (κ2) is 4.22. The summed E-state index contributed by atoms with van der Waals surface area (Å²) in [6, 6.07) is 0. The molecule has 0 atom stereocenters. The van der Waals surface area contributed by atoms with Crippen LogP contribution in [0.5, 0.6) is 0 Å². The van der Waals surface area contributed by atoms with E-state index in [0.717, 1.165) is 5.92 Å². The third-order valence-corrected chi connectivity index (χ3v) is 3.47. The lowest BCUT2D eigenvalue weighted by Gasteiger charge is -2.42. The molecule has 1 heteroatoms. The van der Waals surface area contributed by atoms with Gasteiger partial charge in [-0.05, 0) is 43.4 Å². The molecule has 0 radical (unpaired) electrons. The Bertz CT molecular complexity index is 170. The fourth-order valence-electron chi connectivity index (χ4n) is 2.71. The first-order valence-corrected chi connectivity index (χ1v) is 5.92. The molecule has 0 spiro atoms. The molecule has 0 aliphatic heterocycles. The molecule has 1 saturated carbocycles. The molecule has 0 aromatic rings. The Hall–Kier alpha value is -0.0400. The van der Waals surface area contributed by atoms with Crippen LogP contribution in [-0.4, -0.2) is 12.7 Å². The van der Waals surface area contributed by atoms with Gasteiger partial charge in [0.15, 0.2) is 0 Å². The molecule has 14 heavy (non-hydrogen) atoms. The first-order chi connectivity index (χ1) is 6.37. The Morgan fingerprint density at radius 3 is 2.07 bits per heavy atom. The fraction of sp³-hybridized carbons (Fsp3) is 1.00. The van der Waals surface area contributed by atoms with Crippen LogP contribution < -0.4 is 0 Å². The van der Waals surface area contributed by atoms with Gasteiger partial charge in [0.25, 0.3) is 0 Å². The van der Waals surface area contributed by atoms with E-state index in [1.54, 1.807) is 0 Å². The predicted octanol–water partition coefficient (Wildman–Crippen LogP) is 4.02. The van der Waals surface area contributed by atoms with E-state index in [1.165, 1.54) is 32.1 Å². The van der Waals surface area contributed by atoms with E-state index >= 15 is 0 Å². The number of methoxy groups -OCH3 is 1. The molecule has 0 heterocycles. The first kappa shape index (κ1) is 12.0. The second-order valence-corrected chi connectivity index (χ2v) is 6.31. The third kappa shape index (κ3) is 3.27. The summed E-state index contributed by atoms with van der Waals surface area (Å²) in [5.74, 6) is 0.901. The number of hydrogen-bond acceptors (Lipinski definition) is 1. The molecule has 0 unspecified atom stereocenters. The lowest BCUT2D eigenvalue weighted by atomic mass is 9.71. The zero-order valence-electron chi connectivity index (χ0n) is 10.5. The minimum Gasteiger partial charge on any atom is -0.378 e. The highest BCUT2D eigenvalue weighted by molar-refractivity contribution is 4.89. The van der Waals surface area contributed by atoms with Crippen molar-refractivity contribution >= 4 is 0 Å². The molecule has 1 aliphatic rings. The van der Waals surface area contributed by atoms with Crippen molar-refractivity contribution in [2.24, 2.45) is 11.3 Å². The van der Waals surface area contributed by atoms with Crippen molar-refractivity contribution in [1.29, 1.82) is 0 Å². The van der Waals surface area contributed by atoms with Crippen LogP contribution in [0.2, 0.25) is 0 Å². The van der Waals surface area contributed by atoms with Gasteiger partial charge in [0, 0.05) is 7.11 Å². The molecular weight excluding hydrogens is 172 g/mol. The normalized spacial score (nSPS) is 34.5. The van der Waals surface area contributed by atoms with Crippen LogP contribution in [0.4, 0.5) is 0 Å². The third-order valence-electron chi connectivity index (χ3n) is 3.47. The predicted molar refractivity (Wildman–Crippen MR) is 61.4 cm³/mol. The minimum absolute atomic E-state index is 0.185. The van der Waals surface area contributed by atoms with Crippen molar-refractivity contribution in [1.82, 2.24) is 0 Å². The van der Waals surface area contributed by atoms with Crippen LogP contribution >= 0.6 is 0 Å².